The van der Waals surface area contributed by atoms with Crippen LogP contribution in [0.2, 0.25) is 10.2 Å². The lowest BCUT2D eigenvalue weighted by Gasteiger charge is -2.22. The van der Waals surface area contributed by atoms with Gasteiger partial charge in [0.2, 0.25) is 0 Å². The summed E-state index contributed by atoms with van der Waals surface area (Å²) in [6.45, 7) is 6.27. The van der Waals surface area contributed by atoms with E-state index in [2.05, 4.69) is 4.98 Å². The number of alkyl halides is 3. The maximum Gasteiger partial charge on any atom is 0.416 e. The van der Waals surface area contributed by atoms with Crippen LogP contribution in [0.3, 0.4) is 0 Å². The number of rotatable bonds is 5. The highest BCUT2D eigenvalue weighted by Gasteiger charge is 2.35. The van der Waals surface area contributed by atoms with E-state index in [-0.39, 0.29) is 48.4 Å². The molecule has 0 radical (unpaired) electrons. The van der Waals surface area contributed by atoms with Crippen LogP contribution < -0.4 is 0 Å². The molecule has 4 aromatic rings. The van der Waals surface area contributed by atoms with E-state index < -0.39 is 39.4 Å². The predicted octanol–water partition coefficient (Wildman–Crippen LogP) is 6.94. The summed E-state index contributed by atoms with van der Waals surface area (Å²) in [5.41, 5.74) is -3.14. The number of hydrogen-bond donors (Lipinski definition) is 1. The number of hydrogen-bond acceptors (Lipinski definition) is 6. The SMILES string of the molecule is Cc1cc(C(F)(F)F)cc2c1cc(C(O)c1c(Cl)ncc(C(=O)OC(C)(C)C)c1Cl)n2S(=O)(=O)c1ccccc1. The first-order chi connectivity index (χ1) is 18.4. The molecule has 2 heterocycles. The van der Waals surface area contributed by atoms with Crippen LogP contribution in [0, 0.1) is 6.92 Å². The van der Waals surface area contributed by atoms with Crippen molar-refractivity contribution in [2.45, 2.75) is 50.5 Å². The largest absolute Gasteiger partial charge is 0.456 e. The monoisotopic (exact) mass is 614 g/mol. The zero-order chi connectivity index (χ0) is 29.8. The first kappa shape index (κ1) is 29.9. The Labute approximate surface area is 238 Å². The Morgan fingerprint density at radius 3 is 2.27 bits per heavy atom. The van der Waals surface area contributed by atoms with E-state index in [1.165, 1.54) is 37.3 Å². The molecule has 1 N–H and O–H groups in total. The Hall–Kier alpha value is -3.12. The summed E-state index contributed by atoms with van der Waals surface area (Å²) in [4.78, 5) is 16.4. The molecule has 2 aromatic heterocycles. The Kier molecular flexibility index (Phi) is 7.74. The highest BCUT2D eigenvalue weighted by Crippen LogP contribution is 2.41. The summed E-state index contributed by atoms with van der Waals surface area (Å²) in [6.07, 6.45) is -5.67. The van der Waals surface area contributed by atoms with Crippen LogP contribution in [0.4, 0.5) is 13.2 Å². The Bertz CT molecular complexity index is 1730. The lowest BCUT2D eigenvalue weighted by Crippen LogP contribution is -2.24. The first-order valence-electron chi connectivity index (χ1n) is 11.7. The number of ether oxygens (including phenoxy) is 1. The molecule has 212 valence electrons. The molecule has 0 fully saturated rings. The van der Waals surface area contributed by atoms with E-state index in [9.17, 15) is 31.5 Å². The summed E-state index contributed by atoms with van der Waals surface area (Å²) in [5, 5.41) is 11.0. The van der Waals surface area contributed by atoms with Gasteiger partial charge in [-0.3, -0.25) is 0 Å². The van der Waals surface area contributed by atoms with Crippen LogP contribution in [0.1, 0.15) is 59.6 Å². The fourth-order valence-electron chi connectivity index (χ4n) is 4.14. The van der Waals surface area contributed by atoms with Crippen molar-refractivity contribution in [1.82, 2.24) is 8.96 Å². The zero-order valence-electron chi connectivity index (χ0n) is 21.5. The molecule has 40 heavy (non-hydrogen) atoms. The van der Waals surface area contributed by atoms with Crippen LogP contribution in [-0.4, -0.2) is 34.1 Å². The maximum absolute atomic E-state index is 13.9. The molecule has 1 unspecified atom stereocenters. The second-order valence-electron chi connectivity index (χ2n) is 9.97. The van der Waals surface area contributed by atoms with E-state index in [1.807, 2.05) is 0 Å². The van der Waals surface area contributed by atoms with Crippen molar-refractivity contribution in [3.8, 4) is 0 Å². The quantitative estimate of drug-likeness (QED) is 0.193. The molecule has 0 saturated heterocycles. The average molecular weight is 615 g/mol. The van der Waals surface area contributed by atoms with E-state index in [0.717, 1.165) is 12.3 Å². The van der Waals surface area contributed by atoms with Crippen molar-refractivity contribution >= 4 is 50.1 Å². The Balaban J connectivity index is 2.04. The second-order valence-corrected chi connectivity index (χ2v) is 12.5. The lowest BCUT2D eigenvalue weighted by molar-refractivity contribution is -0.137. The number of aryl methyl sites for hydroxylation is 1. The molecule has 13 heteroatoms. The minimum Gasteiger partial charge on any atom is -0.456 e. The van der Waals surface area contributed by atoms with Gasteiger partial charge in [0.25, 0.3) is 10.0 Å². The van der Waals surface area contributed by atoms with Gasteiger partial charge in [0.1, 0.15) is 16.9 Å². The van der Waals surface area contributed by atoms with Gasteiger partial charge in [-0.25, -0.2) is 22.2 Å². The fraction of sp³-hybridized carbons (Fsp3) is 0.259. The normalized spacial score (nSPS) is 13.4. The Morgan fingerprint density at radius 1 is 1.07 bits per heavy atom. The van der Waals surface area contributed by atoms with Crippen LogP contribution in [0.5, 0.6) is 0 Å². The second kappa shape index (κ2) is 10.4. The van der Waals surface area contributed by atoms with Crippen molar-refractivity contribution in [3.63, 3.8) is 0 Å². The van der Waals surface area contributed by atoms with E-state index in [0.29, 0.717) is 10.0 Å². The van der Waals surface area contributed by atoms with E-state index in [4.69, 9.17) is 27.9 Å². The van der Waals surface area contributed by atoms with Gasteiger partial charge in [0.15, 0.2) is 0 Å². The summed E-state index contributed by atoms with van der Waals surface area (Å²) in [6, 6.07) is 9.81. The molecule has 0 aliphatic carbocycles. The first-order valence-corrected chi connectivity index (χ1v) is 13.9. The van der Waals surface area contributed by atoms with Crippen molar-refractivity contribution in [3.05, 3.63) is 92.9 Å². The summed E-state index contributed by atoms with van der Waals surface area (Å²) in [5.74, 6) is -0.877. The van der Waals surface area contributed by atoms with Crippen molar-refractivity contribution in [1.29, 1.82) is 0 Å². The van der Waals surface area contributed by atoms with Crippen LogP contribution in [0.15, 0.2) is 59.6 Å². The minimum atomic E-state index is -4.78. The number of aliphatic hydroxyl groups excluding tert-OH is 1. The summed E-state index contributed by atoms with van der Waals surface area (Å²) < 4.78 is 74.8. The topological polar surface area (TPSA) is 98.5 Å². The maximum atomic E-state index is 13.9. The van der Waals surface area contributed by atoms with Crippen LogP contribution in [0.25, 0.3) is 10.9 Å². The highest BCUT2D eigenvalue weighted by molar-refractivity contribution is 7.90. The molecule has 4 rings (SSSR count). The third-order valence-electron chi connectivity index (χ3n) is 5.89. The number of nitrogens with zero attached hydrogens (tertiary/aromatic N) is 2. The number of carbonyl (C=O) groups is 1. The predicted molar refractivity (Wildman–Crippen MR) is 144 cm³/mol. The fourth-order valence-corrected chi connectivity index (χ4v) is 6.31. The van der Waals surface area contributed by atoms with Gasteiger partial charge in [-0.15, -0.1) is 0 Å². The average Bonchev–Trinajstić information content (AvgIpc) is 3.24. The van der Waals surface area contributed by atoms with Gasteiger partial charge in [-0.05, 0) is 63.6 Å². The smallest absolute Gasteiger partial charge is 0.416 e. The molecule has 2 aromatic carbocycles. The molecule has 0 aliphatic heterocycles. The molecule has 0 bridgehead atoms. The lowest BCUT2D eigenvalue weighted by atomic mass is 10.0. The number of aliphatic hydroxyl groups is 1. The molecular formula is C27H23Cl2F3N2O5S. The third kappa shape index (κ3) is 5.56. The molecule has 0 amide bonds. The van der Waals surface area contributed by atoms with Crippen molar-refractivity contribution in [2.75, 3.05) is 0 Å². The molecule has 0 saturated carbocycles. The number of carbonyl (C=O) groups excluding carboxylic acids is 1. The van der Waals surface area contributed by atoms with E-state index in [1.54, 1.807) is 26.8 Å². The third-order valence-corrected chi connectivity index (χ3v) is 8.36. The zero-order valence-corrected chi connectivity index (χ0v) is 23.9. The van der Waals surface area contributed by atoms with Crippen LogP contribution >= 0.6 is 23.2 Å². The summed E-state index contributed by atoms with van der Waals surface area (Å²) >= 11 is 12.8. The number of esters is 1. The Morgan fingerprint density at radius 2 is 1.70 bits per heavy atom. The van der Waals surface area contributed by atoms with Gasteiger partial charge in [-0.2, -0.15) is 13.2 Å². The molecular weight excluding hydrogens is 592 g/mol. The molecule has 0 aliphatic rings. The molecule has 0 spiro atoms. The van der Waals surface area contributed by atoms with Crippen molar-refractivity contribution in [2.24, 2.45) is 0 Å². The summed E-state index contributed by atoms with van der Waals surface area (Å²) in [7, 11) is -4.57. The molecule has 7 nitrogen and oxygen atoms in total. The van der Waals surface area contributed by atoms with Crippen LogP contribution in [-0.2, 0) is 20.9 Å². The van der Waals surface area contributed by atoms with Gasteiger partial charge in [0, 0.05) is 17.1 Å². The number of benzene rings is 2. The van der Waals surface area contributed by atoms with Gasteiger partial charge in [0.05, 0.1) is 32.3 Å². The molecule has 1 atom stereocenters. The highest BCUT2D eigenvalue weighted by atomic mass is 35.5. The van der Waals surface area contributed by atoms with E-state index >= 15 is 0 Å². The van der Waals surface area contributed by atoms with Gasteiger partial charge >= 0.3 is 12.1 Å². The van der Waals surface area contributed by atoms with Gasteiger partial charge < -0.3 is 9.84 Å². The van der Waals surface area contributed by atoms with Crippen molar-refractivity contribution < 1.29 is 36.2 Å². The number of aromatic nitrogens is 2. The number of halogens is 5. The number of pyridine rings is 1. The standard InChI is InChI=1S/C27H23Cl2F3N2O5S/c1-14-10-15(27(30,31)32)11-19-17(14)12-20(34(19)40(37,38)16-8-6-5-7-9-16)23(35)21-22(28)18(13-33-24(21)29)25(36)39-26(2,3)4/h5-13,23,35H,1-4H3. The van der Waals surface area contributed by atoms with Gasteiger partial charge in [-0.1, -0.05) is 41.4 Å². The minimum absolute atomic E-state index is 0.109. The number of fused-ring (bicyclic) bond motifs is 1.